The molecule has 2 bridgehead atoms. The third-order valence-corrected chi connectivity index (χ3v) is 4.92. The third kappa shape index (κ3) is 3.69. The lowest BCUT2D eigenvalue weighted by molar-refractivity contribution is -0.0528. The van der Waals surface area contributed by atoms with Gasteiger partial charge in [-0.2, -0.15) is 18.9 Å². The SMILES string of the molecule is C[C@@H]1[C@@H]2CC[C@H](C[C@H]1Oc1cncc(Nc3cc(OC(F)F)[nH]n3)n1)N2. The molecular formula is C16H20F2N6O2. The van der Waals surface area contributed by atoms with E-state index in [4.69, 9.17) is 4.74 Å². The number of alkyl halides is 2. The number of hydrogen-bond donors (Lipinski definition) is 3. The minimum absolute atomic E-state index is 0.0923. The summed E-state index contributed by atoms with van der Waals surface area (Å²) < 4.78 is 34.7. The van der Waals surface area contributed by atoms with Crippen LogP contribution in [0.3, 0.4) is 0 Å². The van der Waals surface area contributed by atoms with E-state index in [9.17, 15) is 8.78 Å². The van der Waals surface area contributed by atoms with Crippen molar-refractivity contribution in [2.75, 3.05) is 5.32 Å². The van der Waals surface area contributed by atoms with Crippen LogP contribution < -0.4 is 20.1 Å². The van der Waals surface area contributed by atoms with Crippen molar-refractivity contribution in [1.82, 2.24) is 25.5 Å². The molecule has 10 heteroatoms. The zero-order valence-electron chi connectivity index (χ0n) is 14.2. The fraction of sp³-hybridized carbons (Fsp3) is 0.562. The summed E-state index contributed by atoms with van der Waals surface area (Å²) in [4.78, 5) is 8.50. The largest absolute Gasteiger partial charge is 0.473 e. The van der Waals surface area contributed by atoms with Crippen molar-refractivity contribution in [2.24, 2.45) is 5.92 Å². The lowest BCUT2D eigenvalue weighted by atomic mass is 9.91. The number of ether oxygens (including phenoxy) is 2. The van der Waals surface area contributed by atoms with Crippen LogP contribution in [-0.2, 0) is 0 Å². The first-order valence-electron chi connectivity index (χ1n) is 8.59. The van der Waals surface area contributed by atoms with Crippen LogP contribution in [-0.4, -0.2) is 45.0 Å². The predicted octanol–water partition coefficient (Wildman–Crippen LogP) is 2.45. The van der Waals surface area contributed by atoms with Gasteiger partial charge in [-0.3, -0.25) is 4.98 Å². The molecule has 2 aromatic heterocycles. The molecule has 2 fully saturated rings. The van der Waals surface area contributed by atoms with Gasteiger partial charge in [0.05, 0.1) is 12.4 Å². The van der Waals surface area contributed by atoms with Crippen molar-refractivity contribution in [3.63, 3.8) is 0 Å². The van der Waals surface area contributed by atoms with Crippen molar-refractivity contribution in [3.05, 3.63) is 18.5 Å². The van der Waals surface area contributed by atoms with E-state index in [-0.39, 0.29) is 12.0 Å². The van der Waals surface area contributed by atoms with E-state index in [0.29, 0.717) is 35.5 Å². The molecule has 0 amide bonds. The van der Waals surface area contributed by atoms with Crippen LogP contribution in [0.2, 0.25) is 0 Å². The normalized spacial score (nSPS) is 27.5. The Kier molecular flexibility index (Phi) is 4.58. The van der Waals surface area contributed by atoms with Crippen LogP contribution in [0.25, 0.3) is 0 Å². The van der Waals surface area contributed by atoms with Crippen molar-refractivity contribution < 1.29 is 18.3 Å². The molecule has 140 valence electrons. The number of nitrogens with zero attached hydrogens (tertiary/aromatic N) is 3. The lowest BCUT2D eigenvalue weighted by Crippen LogP contribution is -2.49. The number of rotatable bonds is 6. The van der Waals surface area contributed by atoms with Gasteiger partial charge in [-0.15, -0.1) is 0 Å². The second kappa shape index (κ2) is 7.02. The van der Waals surface area contributed by atoms with E-state index >= 15 is 0 Å². The second-order valence-electron chi connectivity index (χ2n) is 6.66. The van der Waals surface area contributed by atoms with Crippen molar-refractivity contribution in [3.8, 4) is 11.8 Å². The first-order chi connectivity index (χ1) is 12.6. The Hall–Kier alpha value is -2.49. The molecule has 0 radical (unpaired) electrons. The molecule has 4 heterocycles. The average Bonchev–Trinajstić information content (AvgIpc) is 3.20. The summed E-state index contributed by atoms with van der Waals surface area (Å²) in [6.45, 7) is -0.727. The number of H-pyrrole nitrogens is 1. The van der Waals surface area contributed by atoms with Gasteiger partial charge in [-0.25, -0.2) is 5.10 Å². The van der Waals surface area contributed by atoms with Gasteiger partial charge >= 0.3 is 6.61 Å². The van der Waals surface area contributed by atoms with E-state index in [1.807, 2.05) is 0 Å². The Morgan fingerprint density at radius 3 is 3.00 bits per heavy atom. The van der Waals surface area contributed by atoms with E-state index in [1.165, 1.54) is 25.1 Å². The smallest absolute Gasteiger partial charge is 0.388 e. The molecule has 2 aliphatic heterocycles. The maximum Gasteiger partial charge on any atom is 0.388 e. The highest BCUT2D eigenvalue weighted by molar-refractivity contribution is 5.52. The van der Waals surface area contributed by atoms with E-state index in [1.54, 1.807) is 6.20 Å². The van der Waals surface area contributed by atoms with Crippen molar-refractivity contribution >= 4 is 11.6 Å². The summed E-state index contributed by atoms with van der Waals surface area (Å²) in [5.74, 6) is 1.38. The quantitative estimate of drug-likeness (QED) is 0.722. The van der Waals surface area contributed by atoms with E-state index in [0.717, 1.165) is 6.42 Å². The maximum absolute atomic E-state index is 12.2. The highest BCUT2D eigenvalue weighted by Gasteiger charge is 2.40. The highest BCUT2D eigenvalue weighted by Crippen LogP contribution is 2.33. The van der Waals surface area contributed by atoms with Crippen LogP contribution >= 0.6 is 0 Å². The van der Waals surface area contributed by atoms with Gasteiger partial charge in [0.2, 0.25) is 11.8 Å². The van der Waals surface area contributed by atoms with Gasteiger partial charge in [0.15, 0.2) is 11.6 Å². The summed E-state index contributed by atoms with van der Waals surface area (Å²) in [6, 6.07) is 2.31. The Labute approximate surface area is 148 Å². The van der Waals surface area contributed by atoms with Gasteiger partial charge in [0.25, 0.3) is 0 Å². The third-order valence-electron chi connectivity index (χ3n) is 4.92. The van der Waals surface area contributed by atoms with Gasteiger partial charge in [-0.05, 0) is 19.3 Å². The first-order valence-corrected chi connectivity index (χ1v) is 8.59. The van der Waals surface area contributed by atoms with Gasteiger partial charge in [0, 0.05) is 24.1 Å². The Balaban J connectivity index is 1.41. The van der Waals surface area contributed by atoms with Crippen LogP contribution in [0.5, 0.6) is 11.8 Å². The van der Waals surface area contributed by atoms with Crippen molar-refractivity contribution in [2.45, 2.75) is 51.0 Å². The summed E-state index contributed by atoms with van der Waals surface area (Å²) >= 11 is 0. The maximum atomic E-state index is 12.2. The molecule has 2 saturated heterocycles. The topological polar surface area (TPSA) is 97.0 Å². The molecule has 8 nitrogen and oxygen atoms in total. The average molecular weight is 366 g/mol. The number of aromatic amines is 1. The molecule has 2 aliphatic rings. The second-order valence-corrected chi connectivity index (χ2v) is 6.66. The number of halogens is 2. The Morgan fingerprint density at radius 1 is 1.27 bits per heavy atom. The molecule has 0 spiro atoms. The van der Waals surface area contributed by atoms with Crippen LogP contribution in [0.4, 0.5) is 20.4 Å². The van der Waals surface area contributed by atoms with Gasteiger partial charge in [-0.1, -0.05) is 6.92 Å². The molecule has 0 unspecified atom stereocenters. The monoisotopic (exact) mass is 366 g/mol. The van der Waals surface area contributed by atoms with Crippen molar-refractivity contribution in [1.29, 1.82) is 0 Å². The number of aromatic nitrogens is 4. The molecule has 2 aromatic rings. The fourth-order valence-electron chi connectivity index (χ4n) is 3.64. The molecule has 4 atom stereocenters. The summed E-state index contributed by atoms with van der Waals surface area (Å²) in [5.41, 5.74) is 0. The van der Waals surface area contributed by atoms with Gasteiger partial charge < -0.3 is 20.1 Å². The summed E-state index contributed by atoms with van der Waals surface area (Å²) in [7, 11) is 0. The number of anilines is 2. The fourth-order valence-corrected chi connectivity index (χ4v) is 3.64. The number of fused-ring (bicyclic) bond motifs is 2. The van der Waals surface area contributed by atoms with E-state index < -0.39 is 6.61 Å². The Morgan fingerprint density at radius 2 is 2.15 bits per heavy atom. The van der Waals surface area contributed by atoms with Crippen LogP contribution in [0, 0.1) is 5.92 Å². The highest BCUT2D eigenvalue weighted by atomic mass is 19.3. The number of hydrogen-bond acceptors (Lipinski definition) is 7. The number of piperidine rings is 1. The molecule has 0 aliphatic carbocycles. The first kappa shape index (κ1) is 17.0. The summed E-state index contributed by atoms with van der Waals surface area (Å²) in [6.07, 6.45) is 6.48. The summed E-state index contributed by atoms with van der Waals surface area (Å²) in [5, 5.41) is 12.7. The van der Waals surface area contributed by atoms with Crippen LogP contribution in [0.15, 0.2) is 18.5 Å². The predicted molar refractivity (Wildman–Crippen MR) is 88.7 cm³/mol. The lowest BCUT2D eigenvalue weighted by Gasteiger charge is -2.35. The van der Waals surface area contributed by atoms with Crippen LogP contribution in [0.1, 0.15) is 26.2 Å². The molecular weight excluding hydrogens is 346 g/mol. The molecule has 4 rings (SSSR count). The molecule has 26 heavy (non-hydrogen) atoms. The molecule has 0 aromatic carbocycles. The minimum atomic E-state index is -2.91. The van der Waals surface area contributed by atoms with Gasteiger partial charge in [0.1, 0.15) is 6.10 Å². The zero-order chi connectivity index (χ0) is 18.1. The Bertz CT molecular complexity index is 758. The molecule has 0 saturated carbocycles. The van der Waals surface area contributed by atoms with E-state index in [2.05, 4.69) is 42.5 Å². The zero-order valence-corrected chi connectivity index (χ0v) is 14.2. The number of nitrogens with one attached hydrogen (secondary N) is 3. The minimum Gasteiger partial charge on any atom is -0.473 e. The standard InChI is InChI=1S/C16H20F2N6O2/c1-8-10-3-2-9(20-10)4-11(8)25-15-7-19-6-13(22-15)21-12-5-14(24-23-12)26-16(17)18/h5-11,16,20H,2-4H2,1H3,(H2,21,22,23,24)/t8-,9-,10+,11-/m1/s1. The molecule has 3 N–H and O–H groups in total.